The number of nitrogen functional groups attached to an aromatic ring is 1. The highest BCUT2D eigenvalue weighted by atomic mass is 35.5. The largest absolute Gasteiger partial charge is 0.490 e. The van der Waals surface area contributed by atoms with Gasteiger partial charge in [-0.2, -0.15) is 13.2 Å². The van der Waals surface area contributed by atoms with Gasteiger partial charge in [0.2, 0.25) is 0 Å². The number of imide groups is 1. The van der Waals surface area contributed by atoms with Crippen molar-refractivity contribution >= 4 is 58.2 Å². The molecule has 0 saturated heterocycles. The van der Waals surface area contributed by atoms with Crippen molar-refractivity contribution in [3.63, 3.8) is 0 Å². The van der Waals surface area contributed by atoms with Crippen LogP contribution in [0.1, 0.15) is 41.5 Å². The fourth-order valence-corrected chi connectivity index (χ4v) is 4.33. The van der Waals surface area contributed by atoms with Gasteiger partial charge in [-0.15, -0.1) is 11.3 Å². The van der Waals surface area contributed by atoms with Crippen molar-refractivity contribution in [2.24, 2.45) is 5.73 Å². The second kappa shape index (κ2) is 11.4. The van der Waals surface area contributed by atoms with Gasteiger partial charge in [-0.05, 0) is 42.3 Å². The van der Waals surface area contributed by atoms with E-state index in [4.69, 9.17) is 32.6 Å². The quantitative estimate of drug-likeness (QED) is 0.197. The number of halogens is 4. The summed E-state index contributed by atoms with van der Waals surface area (Å²) in [6.07, 6.45) is -4.66. The smallest absolute Gasteiger partial charge is 0.475 e. The van der Waals surface area contributed by atoms with Crippen LogP contribution in [-0.4, -0.2) is 52.3 Å². The predicted octanol–water partition coefficient (Wildman–Crippen LogP) is 4.41. The van der Waals surface area contributed by atoms with Gasteiger partial charge in [0.15, 0.2) is 0 Å². The van der Waals surface area contributed by atoms with E-state index in [1.807, 2.05) is 6.07 Å². The van der Waals surface area contributed by atoms with Crippen molar-refractivity contribution < 1.29 is 37.5 Å². The molecule has 1 aliphatic heterocycles. The second-order valence-corrected chi connectivity index (χ2v) is 9.43. The number of carbonyl (C=O) groups excluding carboxylic acids is 3. The van der Waals surface area contributed by atoms with Gasteiger partial charge in [0.1, 0.15) is 5.84 Å². The monoisotopic (exact) mass is 566 g/mol. The average molecular weight is 567 g/mol. The molecule has 14 heteroatoms. The van der Waals surface area contributed by atoms with Crippen LogP contribution >= 0.6 is 22.9 Å². The number of carboxylic acids is 1. The predicted molar refractivity (Wildman–Crippen MR) is 134 cm³/mol. The van der Waals surface area contributed by atoms with Gasteiger partial charge in [0.25, 0.3) is 17.7 Å². The molecule has 38 heavy (non-hydrogen) atoms. The van der Waals surface area contributed by atoms with E-state index in [-0.39, 0.29) is 29.2 Å². The normalized spacial score (nSPS) is 12.5. The minimum absolute atomic E-state index is 0.0463. The minimum Gasteiger partial charge on any atom is -0.475 e. The van der Waals surface area contributed by atoms with E-state index < -0.39 is 29.9 Å². The molecule has 0 radical (unpaired) electrons. The Morgan fingerprint density at radius 2 is 1.74 bits per heavy atom. The first-order valence-corrected chi connectivity index (χ1v) is 11.8. The molecule has 9 nitrogen and oxygen atoms in total. The Morgan fingerprint density at radius 3 is 2.32 bits per heavy atom. The molecule has 0 atom stereocenters. The number of anilines is 1. The molecule has 0 aliphatic carbocycles. The van der Waals surface area contributed by atoms with Gasteiger partial charge in [-0.25, -0.2) is 4.79 Å². The van der Waals surface area contributed by atoms with Gasteiger partial charge >= 0.3 is 12.1 Å². The van der Waals surface area contributed by atoms with Crippen molar-refractivity contribution in [3.8, 4) is 0 Å². The molecular formula is C24H18ClF3N4O5S. The average Bonchev–Trinajstić information content (AvgIpc) is 3.39. The van der Waals surface area contributed by atoms with E-state index in [0.29, 0.717) is 21.2 Å². The lowest BCUT2D eigenvalue weighted by atomic mass is 10.1. The van der Waals surface area contributed by atoms with Crippen LogP contribution in [0.5, 0.6) is 0 Å². The highest BCUT2D eigenvalue weighted by Gasteiger charge is 2.38. The zero-order chi connectivity index (χ0) is 28.2. The number of rotatable bonds is 6. The summed E-state index contributed by atoms with van der Waals surface area (Å²) in [6.45, 7) is 0.168. The molecule has 5 N–H and O–H groups in total. The molecule has 1 aromatic heterocycles. The maximum Gasteiger partial charge on any atom is 0.490 e. The van der Waals surface area contributed by atoms with E-state index in [9.17, 15) is 27.6 Å². The Morgan fingerprint density at radius 1 is 1.08 bits per heavy atom. The number of thiophene rings is 1. The molecule has 198 valence electrons. The van der Waals surface area contributed by atoms with Crippen molar-refractivity contribution in [1.82, 2.24) is 4.90 Å². The third-order valence-electron chi connectivity index (χ3n) is 5.15. The lowest BCUT2D eigenvalue weighted by Gasteiger charge is -2.14. The lowest BCUT2D eigenvalue weighted by molar-refractivity contribution is -0.192. The standard InChI is InChI=1S/C22H17ClN4O3S.C2HF3O2/c23-17-8-7-16(31-17)20(28)26-15-6-2-5-14-18(15)22(30)27(21(14)29)10-9-12-3-1-4-13(11-12)19(24)25;3-2(4,5)1(6)7/h1-8,11H,9-10H2,(H3,24,25)(H,26,28);(H,6,7). The van der Waals surface area contributed by atoms with Crippen molar-refractivity contribution in [1.29, 1.82) is 5.41 Å². The molecule has 2 heterocycles. The van der Waals surface area contributed by atoms with Crippen LogP contribution in [0.2, 0.25) is 4.34 Å². The first-order valence-electron chi connectivity index (χ1n) is 10.6. The minimum atomic E-state index is -5.08. The fourth-order valence-electron chi connectivity index (χ4n) is 3.40. The number of amidine groups is 1. The molecule has 3 aromatic rings. The van der Waals surface area contributed by atoms with Gasteiger partial charge in [-0.3, -0.25) is 24.7 Å². The van der Waals surface area contributed by atoms with Crippen molar-refractivity contribution in [2.75, 3.05) is 11.9 Å². The van der Waals surface area contributed by atoms with Crippen LogP contribution in [0.25, 0.3) is 0 Å². The fraction of sp³-hybridized carbons (Fsp3) is 0.125. The number of amides is 3. The van der Waals surface area contributed by atoms with Crippen LogP contribution in [-0.2, 0) is 11.2 Å². The summed E-state index contributed by atoms with van der Waals surface area (Å²) < 4.78 is 32.2. The molecular weight excluding hydrogens is 549 g/mol. The van der Waals surface area contributed by atoms with Gasteiger partial charge < -0.3 is 16.2 Å². The summed E-state index contributed by atoms with van der Waals surface area (Å²) >= 11 is 7.02. The van der Waals surface area contributed by atoms with Gasteiger partial charge in [0.05, 0.1) is 26.0 Å². The Kier molecular flexibility index (Phi) is 8.53. The molecule has 4 rings (SSSR count). The summed E-state index contributed by atoms with van der Waals surface area (Å²) in [6, 6.07) is 15.1. The molecule has 0 bridgehead atoms. The highest BCUT2D eigenvalue weighted by Crippen LogP contribution is 2.31. The Labute approximate surface area is 222 Å². The topological polar surface area (TPSA) is 154 Å². The first kappa shape index (κ1) is 28.3. The number of nitrogens with one attached hydrogen (secondary N) is 2. The van der Waals surface area contributed by atoms with E-state index in [1.165, 1.54) is 4.90 Å². The van der Waals surface area contributed by atoms with E-state index >= 15 is 0 Å². The number of hydrogen-bond donors (Lipinski definition) is 4. The Bertz CT molecular complexity index is 1440. The highest BCUT2D eigenvalue weighted by molar-refractivity contribution is 7.18. The summed E-state index contributed by atoms with van der Waals surface area (Å²) in [7, 11) is 0. The number of carbonyl (C=O) groups is 4. The van der Waals surface area contributed by atoms with Crippen LogP contribution < -0.4 is 11.1 Å². The summed E-state index contributed by atoms with van der Waals surface area (Å²) in [4.78, 5) is 48.8. The molecule has 1 aliphatic rings. The second-order valence-electron chi connectivity index (χ2n) is 7.71. The van der Waals surface area contributed by atoms with Crippen LogP contribution in [0.3, 0.4) is 0 Å². The van der Waals surface area contributed by atoms with E-state index in [0.717, 1.165) is 16.9 Å². The van der Waals surface area contributed by atoms with E-state index in [2.05, 4.69) is 5.32 Å². The SMILES string of the molecule is N=C(N)c1cccc(CCN2C(=O)c3cccc(NC(=O)c4ccc(Cl)s4)c3C2=O)c1.O=C(O)C(F)(F)F. The first-order chi connectivity index (χ1) is 17.8. The molecule has 0 fully saturated rings. The lowest BCUT2D eigenvalue weighted by Crippen LogP contribution is -2.32. The molecule has 0 unspecified atom stereocenters. The summed E-state index contributed by atoms with van der Waals surface area (Å²) in [5.74, 6) is -4.06. The number of fused-ring (bicyclic) bond motifs is 1. The molecule has 0 saturated carbocycles. The molecule has 2 aromatic carbocycles. The van der Waals surface area contributed by atoms with Crippen molar-refractivity contribution in [2.45, 2.75) is 12.6 Å². The number of alkyl halides is 3. The Hall–Kier alpha value is -4.23. The maximum atomic E-state index is 13.0. The number of nitrogens with zero attached hydrogens (tertiary/aromatic N) is 1. The van der Waals surface area contributed by atoms with Crippen LogP contribution in [0, 0.1) is 5.41 Å². The van der Waals surface area contributed by atoms with E-state index in [1.54, 1.807) is 48.5 Å². The zero-order valence-corrected chi connectivity index (χ0v) is 20.7. The van der Waals surface area contributed by atoms with Crippen LogP contribution in [0.4, 0.5) is 18.9 Å². The van der Waals surface area contributed by atoms with Gasteiger partial charge in [0, 0.05) is 12.1 Å². The number of nitrogens with two attached hydrogens (primary N) is 1. The number of hydrogen-bond acceptors (Lipinski definition) is 6. The third kappa shape index (κ3) is 6.55. The number of benzene rings is 2. The summed E-state index contributed by atoms with van der Waals surface area (Å²) in [5, 5.41) is 17.4. The number of aliphatic carboxylic acids is 1. The third-order valence-corrected chi connectivity index (χ3v) is 6.38. The number of carboxylic acid groups (broad SMARTS) is 1. The van der Waals surface area contributed by atoms with Gasteiger partial charge in [-0.1, -0.05) is 35.9 Å². The molecule has 0 spiro atoms. The summed E-state index contributed by atoms with van der Waals surface area (Å²) in [5.41, 5.74) is 7.68. The Balaban J connectivity index is 0.000000505. The zero-order valence-electron chi connectivity index (χ0n) is 19.1. The maximum absolute atomic E-state index is 13.0. The van der Waals surface area contributed by atoms with Crippen molar-refractivity contribution in [3.05, 3.63) is 86.1 Å². The molecule has 3 amide bonds. The van der Waals surface area contributed by atoms with Crippen LogP contribution in [0.15, 0.2) is 54.6 Å².